The normalized spacial score (nSPS) is 11.6. The lowest BCUT2D eigenvalue weighted by molar-refractivity contribution is -0.115. The number of halogens is 2. The molecule has 2 amide bonds. The quantitative estimate of drug-likeness (QED) is 0.403. The highest BCUT2D eigenvalue weighted by Gasteiger charge is 2.17. The number of amides is 2. The molecule has 0 aliphatic carbocycles. The van der Waals surface area contributed by atoms with Gasteiger partial charge in [-0.15, -0.1) is 11.8 Å². The van der Waals surface area contributed by atoms with Gasteiger partial charge in [-0.05, 0) is 62.4 Å². The summed E-state index contributed by atoms with van der Waals surface area (Å²) in [5.74, 6) is -1.01. The first kappa shape index (κ1) is 22.1. The van der Waals surface area contributed by atoms with Crippen LogP contribution in [-0.4, -0.2) is 17.1 Å². The van der Waals surface area contributed by atoms with E-state index in [1.165, 1.54) is 23.9 Å². The van der Waals surface area contributed by atoms with E-state index in [9.17, 15) is 14.0 Å². The van der Waals surface area contributed by atoms with Gasteiger partial charge in [0.25, 0.3) is 5.91 Å². The Labute approximate surface area is 187 Å². The number of aryl methyl sites for hydroxylation is 1. The van der Waals surface area contributed by atoms with Crippen molar-refractivity contribution in [2.45, 2.75) is 24.0 Å². The molecule has 0 aromatic heterocycles. The van der Waals surface area contributed by atoms with Crippen LogP contribution in [0.4, 0.5) is 15.8 Å². The summed E-state index contributed by atoms with van der Waals surface area (Å²) in [7, 11) is 0. The van der Waals surface area contributed by atoms with E-state index in [-0.39, 0.29) is 17.5 Å². The van der Waals surface area contributed by atoms with Crippen molar-refractivity contribution in [3.05, 3.63) is 88.1 Å². The van der Waals surface area contributed by atoms with Crippen LogP contribution in [-0.2, 0) is 4.79 Å². The maximum Gasteiger partial charge on any atom is 0.255 e. The molecule has 1 atom stereocenters. The Bertz CT molecular complexity index is 1070. The Balaban J connectivity index is 1.63. The molecule has 3 aromatic rings. The Morgan fingerprint density at radius 2 is 1.73 bits per heavy atom. The highest BCUT2D eigenvalue weighted by atomic mass is 79.9. The third kappa shape index (κ3) is 5.93. The van der Waals surface area contributed by atoms with Crippen molar-refractivity contribution in [2.24, 2.45) is 0 Å². The fourth-order valence-electron chi connectivity index (χ4n) is 2.64. The van der Waals surface area contributed by atoms with Crippen LogP contribution in [0.1, 0.15) is 22.8 Å². The average molecular weight is 487 g/mol. The number of hydrogen-bond acceptors (Lipinski definition) is 3. The Hall–Kier alpha value is -2.64. The van der Waals surface area contributed by atoms with Crippen LogP contribution in [0.15, 0.2) is 76.1 Å². The molecule has 3 rings (SSSR count). The highest BCUT2D eigenvalue weighted by Crippen LogP contribution is 2.27. The second kappa shape index (κ2) is 9.91. The van der Waals surface area contributed by atoms with Gasteiger partial charge in [-0.1, -0.05) is 39.7 Å². The lowest BCUT2D eigenvalue weighted by Crippen LogP contribution is -2.23. The Kier molecular flexibility index (Phi) is 7.29. The van der Waals surface area contributed by atoms with Crippen LogP contribution in [0.25, 0.3) is 0 Å². The van der Waals surface area contributed by atoms with E-state index >= 15 is 0 Å². The van der Waals surface area contributed by atoms with E-state index in [0.717, 1.165) is 10.5 Å². The third-order valence-corrected chi connectivity index (χ3v) is 5.86. The molecule has 0 saturated heterocycles. The SMILES string of the molecule is Cc1ccc(C(=O)Nc2cccc(SC(C)C(=O)Nc3ccc(Br)cc3F)c2)cc1. The number of nitrogens with one attached hydrogen (secondary N) is 2. The molecule has 0 aliphatic heterocycles. The molecule has 0 saturated carbocycles. The minimum absolute atomic E-state index is 0.134. The molecule has 3 aromatic carbocycles. The first-order valence-electron chi connectivity index (χ1n) is 9.22. The molecule has 0 heterocycles. The van der Waals surface area contributed by atoms with Crippen LogP contribution in [0.2, 0.25) is 0 Å². The van der Waals surface area contributed by atoms with Gasteiger partial charge in [0.1, 0.15) is 5.82 Å². The molecule has 2 N–H and O–H groups in total. The Morgan fingerprint density at radius 1 is 1.00 bits per heavy atom. The first-order chi connectivity index (χ1) is 14.3. The molecule has 0 fully saturated rings. The highest BCUT2D eigenvalue weighted by molar-refractivity contribution is 9.10. The lowest BCUT2D eigenvalue weighted by Gasteiger charge is -2.13. The van der Waals surface area contributed by atoms with Gasteiger partial charge in [-0.2, -0.15) is 0 Å². The predicted molar refractivity (Wildman–Crippen MR) is 124 cm³/mol. The number of hydrogen-bond donors (Lipinski definition) is 2. The molecule has 4 nitrogen and oxygen atoms in total. The summed E-state index contributed by atoms with van der Waals surface area (Å²) in [6, 6.07) is 19.1. The van der Waals surface area contributed by atoms with Crippen molar-refractivity contribution in [3.8, 4) is 0 Å². The fourth-order valence-corrected chi connectivity index (χ4v) is 3.90. The molecule has 0 bridgehead atoms. The van der Waals surface area contributed by atoms with Crippen molar-refractivity contribution in [3.63, 3.8) is 0 Å². The van der Waals surface area contributed by atoms with Crippen molar-refractivity contribution in [1.82, 2.24) is 0 Å². The number of rotatable bonds is 6. The van der Waals surface area contributed by atoms with E-state index in [0.29, 0.717) is 15.7 Å². The second-order valence-corrected chi connectivity index (χ2v) is 9.05. The van der Waals surface area contributed by atoms with Crippen LogP contribution < -0.4 is 10.6 Å². The van der Waals surface area contributed by atoms with Crippen LogP contribution in [0, 0.1) is 12.7 Å². The van der Waals surface area contributed by atoms with Crippen molar-refractivity contribution < 1.29 is 14.0 Å². The maximum absolute atomic E-state index is 13.9. The van der Waals surface area contributed by atoms with Crippen molar-refractivity contribution >= 4 is 50.9 Å². The first-order valence-corrected chi connectivity index (χ1v) is 10.9. The van der Waals surface area contributed by atoms with Gasteiger partial charge in [-0.25, -0.2) is 4.39 Å². The topological polar surface area (TPSA) is 58.2 Å². The van der Waals surface area contributed by atoms with Gasteiger partial charge < -0.3 is 10.6 Å². The fraction of sp³-hybridized carbons (Fsp3) is 0.130. The molecule has 154 valence electrons. The monoisotopic (exact) mass is 486 g/mol. The molecular formula is C23H20BrFN2O2S. The zero-order valence-electron chi connectivity index (χ0n) is 16.4. The predicted octanol–water partition coefficient (Wildman–Crippen LogP) is 6.27. The van der Waals surface area contributed by atoms with Gasteiger partial charge >= 0.3 is 0 Å². The summed E-state index contributed by atoms with van der Waals surface area (Å²) in [6.07, 6.45) is 0. The summed E-state index contributed by atoms with van der Waals surface area (Å²) in [5.41, 5.74) is 2.43. The Morgan fingerprint density at radius 3 is 2.43 bits per heavy atom. The largest absolute Gasteiger partial charge is 0.323 e. The van der Waals surface area contributed by atoms with Gasteiger partial charge in [0.2, 0.25) is 5.91 Å². The number of carbonyl (C=O) groups is 2. The number of carbonyl (C=O) groups excluding carboxylic acids is 2. The van der Waals surface area contributed by atoms with E-state index in [4.69, 9.17) is 0 Å². The third-order valence-electron chi connectivity index (χ3n) is 4.28. The van der Waals surface area contributed by atoms with E-state index < -0.39 is 11.1 Å². The summed E-state index contributed by atoms with van der Waals surface area (Å²) >= 11 is 4.51. The second-order valence-electron chi connectivity index (χ2n) is 6.72. The van der Waals surface area contributed by atoms with Gasteiger partial charge in [0.15, 0.2) is 0 Å². The van der Waals surface area contributed by atoms with Crippen molar-refractivity contribution in [1.29, 1.82) is 0 Å². The minimum atomic E-state index is -0.504. The lowest BCUT2D eigenvalue weighted by atomic mass is 10.1. The molecule has 0 aliphatic rings. The number of thioether (sulfide) groups is 1. The molecule has 0 radical (unpaired) electrons. The molecule has 1 unspecified atom stereocenters. The molecular weight excluding hydrogens is 467 g/mol. The molecule has 30 heavy (non-hydrogen) atoms. The molecule has 7 heteroatoms. The van der Waals surface area contributed by atoms with Crippen LogP contribution in [0.5, 0.6) is 0 Å². The zero-order valence-corrected chi connectivity index (χ0v) is 18.8. The van der Waals surface area contributed by atoms with E-state index in [2.05, 4.69) is 26.6 Å². The van der Waals surface area contributed by atoms with Gasteiger partial charge in [0, 0.05) is 20.6 Å². The summed E-state index contributed by atoms with van der Waals surface area (Å²) in [4.78, 5) is 25.7. The van der Waals surface area contributed by atoms with Crippen LogP contribution >= 0.6 is 27.7 Å². The summed E-state index contributed by atoms with van der Waals surface area (Å²) in [5, 5.41) is 5.01. The number of anilines is 2. The average Bonchev–Trinajstić information content (AvgIpc) is 2.70. The summed E-state index contributed by atoms with van der Waals surface area (Å²) < 4.78 is 14.5. The number of benzene rings is 3. The molecule has 0 spiro atoms. The van der Waals surface area contributed by atoms with Crippen molar-refractivity contribution in [2.75, 3.05) is 10.6 Å². The van der Waals surface area contributed by atoms with E-state index in [1.54, 1.807) is 37.3 Å². The minimum Gasteiger partial charge on any atom is -0.323 e. The summed E-state index contributed by atoms with van der Waals surface area (Å²) in [6.45, 7) is 3.71. The zero-order chi connectivity index (χ0) is 21.7. The van der Waals surface area contributed by atoms with Gasteiger partial charge in [-0.3, -0.25) is 9.59 Å². The van der Waals surface area contributed by atoms with E-state index in [1.807, 2.05) is 31.2 Å². The standard InChI is InChI=1S/C23H20BrFN2O2S/c1-14-6-8-16(9-7-14)23(29)26-18-4-3-5-19(13-18)30-15(2)22(28)27-21-11-10-17(24)12-20(21)25/h3-13,15H,1-2H3,(H,26,29)(H,27,28). The smallest absolute Gasteiger partial charge is 0.255 e. The maximum atomic E-state index is 13.9. The van der Waals surface area contributed by atoms with Crippen LogP contribution in [0.3, 0.4) is 0 Å². The van der Waals surface area contributed by atoms with Gasteiger partial charge in [0.05, 0.1) is 10.9 Å².